The minimum absolute atomic E-state index is 0.0241. The van der Waals surface area contributed by atoms with Crippen LogP contribution in [-0.2, 0) is 24.9 Å². The van der Waals surface area contributed by atoms with Gasteiger partial charge in [-0.05, 0) is 6.07 Å². The fourth-order valence-corrected chi connectivity index (χ4v) is 1.77. The van der Waals surface area contributed by atoms with Crippen molar-refractivity contribution < 1.29 is 4.74 Å². The molecule has 0 saturated carbocycles. The van der Waals surface area contributed by atoms with Crippen LogP contribution >= 0.6 is 0 Å². The van der Waals surface area contributed by atoms with E-state index in [4.69, 9.17) is 4.74 Å². The molecule has 0 aliphatic heterocycles. The van der Waals surface area contributed by atoms with Crippen molar-refractivity contribution in [2.45, 2.75) is 13.1 Å². The van der Waals surface area contributed by atoms with E-state index in [1.54, 1.807) is 34.7 Å². The molecule has 0 atom stereocenters. The van der Waals surface area contributed by atoms with Crippen LogP contribution in [0.4, 0.5) is 5.69 Å². The van der Waals surface area contributed by atoms with Gasteiger partial charge >= 0.3 is 0 Å². The summed E-state index contributed by atoms with van der Waals surface area (Å²) in [6, 6.07) is 3.34. The molecule has 0 bridgehead atoms. The summed E-state index contributed by atoms with van der Waals surface area (Å²) in [5.74, 6) is 0. The predicted molar refractivity (Wildman–Crippen MR) is 73.1 cm³/mol. The summed E-state index contributed by atoms with van der Waals surface area (Å²) >= 11 is 0. The number of rotatable bonds is 6. The van der Waals surface area contributed by atoms with Crippen LogP contribution in [0.25, 0.3) is 0 Å². The summed E-state index contributed by atoms with van der Waals surface area (Å²) in [7, 11) is 3.50. The standard InChI is InChI=1S/C13H18N4O2/c1-16-9-11(8-15-16)7-14-12-3-4-13(18)17(10-12)5-6-19-2/h3-4,8-10,14H,5-7H2,1-2H3. The van der Waals surface area contributed by atoms with Crippen LogP contribution in [0.3, 0.4) is 0 Å². The van der Waals surface area contributed by atoms with E-state index in [0.717, 1.165) is 11.3 Å². The lowest BCUT2D eigenvalue weighted by Gasteiger charge is -2.09. The lowest BCUT2D eigenvalue weighted by molar-refractivity contribution is 0.186. The van der Waals surface area contributed by atoms with E-state index in [0.29, 0.717) is 19.7 Å². The van der Waals surface area contributed by atoms with Gasteiger partial charge in [0.2, 0.25) is 0 Å². The quantitative estimate of drug-likeness (QED) is 0.838. The van der Waals surface area contributed by atoms with Crippen molar-refractivity contribution in [2.24, 2.45) is 7.05 Å². The molecule has 1 N–H and O–H groups in total. The largest absolute Gasteiger partial charge is 0.383 e. The van der Waals surface area contributed by atoms with Gasteiger partial charge in [-0.25, -0.2) is 0 Å². The molecule has 0 unspecified atom stereocenters. The van der Waals surface area contributed by atoms with Gasteiger partial charge in [0, 0.05) is 51.3 Å². The lowest BCUT2D eigenvalue weighted by atomic mass is 10.3. The number of hydrogen-bond donors (Lipinski definition) is 1. The monoisotopic (exact) mass is 262 g/mol. The molecule has 6 heteroatoms. The molecule has 0 amide bonds. The summed E-state index contributed by atoms with van der Waals surface area (Å²) in [5.41, 5.74) is 1.97. The highest BCUT2D eigenvalue weighted by Gasteiger charge is 2.00. The maximum Gasteiger partial charge on any atom is 0.250 e. The summed E-state index contributed by atoms with van der Waals surface area (Å²) in [4.78, 5) is 11.6. The molecule has 2 aromatic heterocycles. The molecule has 19 heavy (non-hydrogen) atoms. The minimum Gasteiger partial charge on any atom is -0.383 e. The molecular formula is C13H18N4O2. The van der Waals surface area contributed by atoms with Crippen LogP contribution in [0.15, 0.2) is 35.5 Å². The van der Waals surface area contributed by atoms with Gasteiger partial charge in [0.05, 0.1) is 18.5 Å². The third-order valence-corrected chi connectivity index (χ3v) is 2.77. The average molecular weight is 262 g/mol. The first kappa shape index (κ1) is 13.4. The topological polar surface area (TPSA) is 61.1 Å². The normalized spacial score (nSPS) is 10.6. The highest BCUT2D eigenvalue weighted by atomic mass is 16.5. The fraction of sp³-hybridized carbons (Fsp3) is 0.385. The number of hydrogen-bond acceptors (Lipinski definition) is 4. The second-order valence-corrected chi connectivity index (χ2v) is 4.32. The first-order valence-electron chi connectivity index (χ1n) is 6.10. The molecule has 102 valence electrons. The number of methoxy groups -OCH3 is 1. The number of nitrogens with zero attached hydrogens (tertiary/aromatic N) is 3. The lowest BCUT2D eigenvalue weighted by Crippen LogP contribution is -2.21. The van der Waals surface area contributed by atoms with Gasteiger partial charge in [-0.1, -0.05) is 0 Å². The zero-order valence-electron chi connectivity index (χ0n) is 11.2. The third kappa shape index (κ3) is 3.69. The van der Waals surface area contributed by atoms with E-state index in [2.05, 4.69) is 10.4 Å². The summed E-state index contributed by atoms with van der Waals surface area (Å²) in [5, 5.41) is 7.37. The van der Waals surface area contributed by atoms with Crippen LogP contribution in [0.5, 0.6) is 0 Å². The SMILES string of the molecule is COCCn1cc(NCc2cnn(C)c2)ccc1=O. The Balaban J connectivity index is 2.02. The number of ether oxygens (including phenoxy) is 1. The molecule has 2 heterocycles. The average Bonchev–Trinajstić information content (AvgIpc) is 2.82. The zero-order chi connectivity index (χ0) is 13.7. The molecule has 0 aliphatic carbocycles. The van der Waals surface area contributed by atoms with Crippen LogP contribution in [0.2, 0.25) is 0 Å². The number of aryl methyl sites for hydroxylation is 1. The van der Waals surface area contributed by atoms with Crippen molar-refractivity contribution >= 4 is 5.69 Å². The van der Waals surface area contributed by atoms with Crippen molar-refractivity contribution in [3.63, 3.8) is 0 Å². The molecule has 0 aliphatic rings. The molecule has 0 spiro atoms. The summed E-state index contributed by atoms with van der Waals surface area (Å²) in [6.07, 6.45) is 5.57. The Morgan fingerprint density at radius 3 is 2.89 bits per heavy atom. The van der Waals surface area contributed by atoms with E-state index in [1.807, 2.05) is 19.4 Å². The molecule has 0 fully saturated rings. The van der Waals surface area contributed by atoms with E-state index < -0.39 is 0 Å². The zero-order valence-corrected chi connectivity index (χ0v) is 11.2. The highest BCUT2D eigenvalue weighted by molar-refractivity contribution is 5.40. The molecule has 0 radical (unpaired) electrons. The Kier molecular flexibility index (Phi) is 4.35. The van der Waals surface area contributed by atoms with Crippen LogP contribution < -0.4 is 10.9 Å². The molecule has 0 aromatic carbocycles. The second-order valence-electron chi connectivity index (χ2n) is 4.32. The van der Waals surface area contributed by atoms with Crippen molar-refractivity contribution in [3.05, 3.63) is 46.6 Å². The second kappa shape index (κ2) is 6.19. The van der Waals surface area contributed by atoms with Gasteiger partial charge < -0.3 is 14.6 Å². The van der Waals surface area contributed by atoms with Gasteiger partial charge in [0.15, 0.2) is 0 Å². The number of pyridine rings is 1. The first-order valence-corrected chi connectivity index (χ1v) is 6.10. The van der Waals surface area contributed by atoms with Crippen LogP contribution in [0, 0.1) is 0 Å². The van der Waals surface area contributed by atoms with E-state index in [-0.39, 0.29) is 5.56 Å². The van der Waals surface area contributed by atoms with Crippen molar-refractivity contribution in [3.8, 4) is 0 Å². The van der Waals surface area contributed by atoms with E-state index >= 15 is 0 Å². The predicted octanol–water partition coefficient (Wildman–Crippen LogP) is 0.840. The fourth-order valence-electron chi connectivity index (χ4n) is 1.77. The first-order chi connectivity index (χ1) is 9.19. The Morgan fingerprint density at radius 1 is 1.37 bits per heavy atom. The maximum absolute atomic E-state index is 11.6. The van der Waals surface area contributed by atoms with Crippen molar-refractivity contribution in [1.29, 1.82) is 0 Å². The molecule has 6 nitrogen and oxygen atoms in total. The Labute approximate surface area is 111 Å². The Morgan fingerprint density at radius 2 is 2.21 bits per heavy atom. The Bertz CT molecular complexity index is 588. The molecule has 0 saturated heterocycles. The number of aromatic nitrogens is 3. The van der Waals surface area contributed by atoms with E-state index in [1.165, 1.54) is 0 Å². The molecule has 2 rings (SSSR count). The summed E-state index contributed by atoms with van der Waals surface area (Å²) < 4.78 is 8.38. The molecular weight excluding hydrogens is 244 g/mol. The van der Waals surface area contributed by atoms with Gasteiger partial charge in [-0.15, -0.1) is 0 Å². The third-order valence-electron chi connectivity index (χ3n) is 2.77. The highest BCUT2D eigenvalue weighted by Crippen LogP contribution is 2.06. The van der Waals surface area contributed by atoms with Crippen LogP contribution in [0.1, 0.15) is 5.56 Å². The smallest absolute Gasteiger partial charge is 0.250 e. The molecule has 2 aromatic rings. The minimum atomic E-state index is -0.0241. The van der Waals surface area contributed by atoms with Crippen LogP contribution in [-0.4, -0.2) is 28.1 Å². The number of anilines is 1. The van der Waals surface area contributed by atoms with E-state index in [9.17, 15) is 4.79 Å². The van der Waals surface area contributed by atoms with Gasteiger partial charge in [0.1, 0.15) is 0 Å². The number of nitrogens with one attached hydrogen (secondary N) is 1. The van der Waals surface area contributed by atoms with Crippen molar-refractivity contribution in [2.75, 3.05) is 19.0 Å². The Hall–Kier alpha value is -2.08. The van der Waals surface area contributed by atoms with Gasteiger partial charge in [0.25, 0.3) is 5.56 Å². The van der Waals surface area contributed by atoms with Gasteiger partial charge in [-0.3, -0.25) is 9.48 Å². The summed E-state index contributed by atoms with van der Waals surface area (Å²) in [6.45, 7) is 1.75. The van der Waals surface area contributed by atoms with Gasteiger partial charge in [-0.2, -0.15) is 5.10 Å². The maximum atomic E-state index is 11.6. The van der Waals surface area contributed by atoms with Crippen molar-refractivity contribution in [1.82, 2.24) is 14.3 Å².